The minimum Gasteiger partial charge on any atom is -0.548 e. The standard InChI is InChI=1S/C25H23NO4/c1-16-7-6-8-17(13-16)14-23(24(27)28)26-25(29)30-15-22-20-11-4-2-9-18(20)19-10-3-5-12-21(19)22/h2-13,22-23H,14-15H2,1H3,(H,26,29)(H,27,28)/p-1/t23-/m1/s1. The second kappa shape index (κ2) is 8.41. The molecule has 30 heavy (non-hydrogen) atoms. The molecule has 1 aliphatic carbocycles. The first kappa shape index (κ1) is 19.7. The molecule has 0 saturated heterocycles. The van der Waals surface area contributed by atoms with Crippen molar-refractivity contribution in [3.63, 3.8) is 0 Å². The summed E-state index contributed by atoms with van der Waals surface area (Å²) in [7, 11) is 0. The van der Waals surface area contributed by atoms with Crippen LogP contribution in [0, 0.1) is 6.92 Å². The van der Waals surface area contributed by atoms with E-state index in [4.69, 9.17) is 4.74 Å². The van der Waals surface area contributed by atoms with Crippen molar-refractivity contribution in [2.75, 3.05) is 6.61 Å². The lowest BCUT2D eigenvalue weighted by Crippen LogP contribution is -2.49. The topological polar surface area (TPSA) is 78.5 Å². The summed E-state index contributed by atoms with van der Waals surface area (Å²) in [5.41, 5.74) is 6.29. The Morgan fingerprint density at radius 1 is 0.967 bits per heavy atom. The minimum absolute atomic E-state index is 0.0821. The van der Waals surface area contributed by atoms with E-state index in [9.17, 15) is 14.7 Å². The number of carboxylic acid groups (broad SMARTS) is 1. The summed E-state index contributed by atoms with van der Waals surface area (Å²) in [6.45, 7) is 2.06. The Kier molecular flexibility index (Phi) is 5.53. The smallest absolute Gasteiger partial charge is 0.407 e. The van der Waals surface area contributed by atoms with Crippen LogP contribution in [0.1, 0.15) is 28.2 Å². The fourth-order valence-electron chi connectivity index (χ4n) is 4.05. The first-order chi connectivity index (χ1) is 14.5. The fraction of sp³-hybridized carbons (Fsp3) is 0.200. The number of nitrogens with one attached hydrogen (secondary N) is 1. The van der Waals surface area contributed by atoms with Crippen LogP contribution < -0.4 is 10.4 Å². The van der Waals surface area contributed by atoms with Crippen LogP contribution in [0.3, 0.4) is 0 Å². The van der Waals surface area contributed by atoms with Crippen LogP contribution >= 0.6 is 0 Å². The normalized spacial score (nSPS) is 13.2. The molecule has 1 amide bonds. The zero-order valence-corrected chi connectivity index (χ0v) is 16.6. The number of alkyl carbamates (subject to hydrolysis) is 1. The highest BCUT2D eigenvalue weighted by molar-refractivity contribution is 5.80. The Morgan fingerprint density at radius 3 is 2.20 bits per heavy atom. The second-order valence-electron chi connectivity index (χ2n) is 7.53. The first-order valence-corrected chi connectivity index (χ1v) is 9.91. The lowest BCUT2D eigenvalue weighted by molar-refractivity contribution is -0.308. The van der Waals surface area contributed by atoms with E-state index < -0.39 is 18.1 Å². The first-order valence-electron chi connectivity index (χ1n) is 9.91. The van der Waals surface area contributed by atoms with Gasteiger partial charge in [0.1, 0.15) is 6.61 Å². The number of benzene rings is 3. The van der Waals surface area contributed by atoms with Gasteiger partial charge in [-0.2, -0.15) is 0 Å². The summed E-state index contributed by atoms with van der Waals surface area (Å²) in [5.74, 6) is -1.42. The van der Waals surface area contributed by atoms with E-state index in [1.54, 1.807) is 0 Å². The molecular weight excluding hydrogens is 378 g/mol. The van der Waals surface area contributed by atoms with Gasteiger partial charge in [0.05, 0.1) is 12.0 Å². The molecule has 0 saturated carbocycles. The molecule has 3 aromatic carbocycles. The van der Waals surface area contributed by atoms with E-state index >= 15 is 0 Å². The quantitative estimate of drug-likeness (QED) is 0.689. The van der Waals surface area contributed by atoms with Crippen molar-refractivity contribution in [2.24, 2.45) is 0 Å². The predicted octanol–water partition coefficient (Wildman–Crippen LogP) is 3.19. The number of ether oxygens (including phenoxy) is 1. The number of fused-ring (bicyclic) bond motifs is 3. The van der Waals surface area contributed by atoms with E-state index in [2.05, 4.69) is 17.4 Å². The zero-order chi connectivity index (χ0) is 21.1. The summed E-state index contributed by atoms with van der Waals surface area (Å²) >= 11 is 0. The monoisotopic (exact) mass is 400 g/mol. The number of amides is 1. The summed E-state index contributed by atoms with van der Waals surface area (Å²) in [4.78, 5) is 23.9. The molecule has 0 spiro atoms. The number of aryl methyl sites for hydroxylation is 1. The third-order valence-electron chi connectivity index (χ3n) is 5.44. The molecule has 5 nitrogen and oxygen atoms in total. The van der Waals surface area contributed by atoms with Crippen LogP contribution in [-0.4, -0.2) is 24.7 Å². The summed E-state index contributed by atoms with van der Waals surface area (Å²) in [6, 6.07) is 22.4. The molecule has 5 heteroatoms. The molecule has 152 valence electrons. The van der Waals surface area contributed by atoms with Crippen molar-refractivity contribution >= 4 is 12.1 Å². The van der Waals surface area contributed by atoms with Gasteiger partial charge in [-0.3, -0.25) is 0 Å². The number of carboxylic acids is 1. The molecule has 0 unspecified atom stereocenters. The van der Waals surface area contributed by atoms with Crippen molar-refractivity contribution in [3.8, 4) is 11.1 Å². The molecule has 0 radical (unpaired) electrons. The Labute approximate surface area is 175 Å². The summed E-state index contributed by atoms with van der Waals surface area (Å²) < 4.78 is 5.44. The van der Waals surface area contributed by atoms with Crippen LogP contribution in [0.25, 0.3) is 11.1 Å². The molecule has 0 aliphatic heterocycles. The maximum atomic E-state index is 12.4. The van der Waals surface area contributed by atoms with Gasteiger partial charge in [-0.1, -0.05) is 78.4 Å². The van der Waals surface area contributed by atoms with Gasteiger partial charge < -0.3 is 20.0 Å². The molecule has 4 rings (SSSR count). The Bertz CT molecular complexity index is 1050. The number of hydrogen-bond acceptors (Lipinski definition) is 4. The van der Waals surface area contributed by atoms with Gasteiger partial charge in [-0.05, 0) is 41.2 Å². The van der Waals surface area contributed by atoms with E-state index in [1.807, 2.05) is 67.6 Å². The van der Waals surface area contributed by atoms with E-state index in [0.717, 1.165) is 33.4 Å². The second-order valence-corrected chi connectivity index (χ2v) is 7.53. The zero-order valence-electron chi connectivity index (χ0n) is 16.6. The van der Waals surface area contributed by atoms with Crippen molar-refractivity contribution in [2.45, 2.75) is 25.3 Å². The van der Waals surface area contributed by atoms with Gasteiger partial charge in [0.15, 0.2) is 0 Å². The molecular formula is C25H22NO4-. The van der Waals surface area contributed by atoms with Crippen LogP contribution in [-0.2, 0) is 16.0 Å². The third-order valence-corrected chi connectivity index (χ3v) is 5.44. The van der Waals surface area contributed by atoms with E-state index in [0.29, 0.717) is 0 Å². The average molecular weight is 400 g/mol. The molecule has 0 heterocycles. The average Bonchev–Trinajstić information content (AvgIpc) is 3.06. The van der Waals surface area contributed by atoms with Crippen LogP contribution in [0.5, 0.6) is 0 Å². The molecule has 0 aromatic heterocycles. The van der Waals surface area contributed by atoms with Gasteiger partial charge in [-0.15, -0.1) is 0 Å². The Balaban J connectivity index is 1.43. The SMILES string of the molecule is Cc1cccc(C[C@@H](NC(=O)OCC2c3ccccc3-c3ccccc32)C(=O)[O-])c1. The highest BCUT2D eigenvalue weighted by atomic mass is 16.5. The Hall–Kier alpha value is -3.60. The number of carbonyl (C=O) groups is 2. The van der Waals surface area contributed by atoms with Crippen molar-refractivity contribution in [1.82, 2.24) is 5.32 Å². The molecule has 0 fully saturated rings. The summed E-state index contributed by atoms with van der Waals surface area (Å²) in [6.07, 6.45) is -0.632. The molecule has 0 bridgehead atoms. The summed E-state index contributed by atoms with van der Waals surface area (Å²) in [5, 5.41) is 14.0. The Morgan fingerprint density at radius 2 is 1.60 bits per heavy atom. The highest BCUT2D eigenvalue weighted by Gasteiger charge is 2.29. The molecule has 1 N–H and O–H groups in total. The number of hydrogen-bond donors (Lipinski definition) is 1. The predicted molar refractivity (Wildman–Crippen MR) is 112 cm³/mol. The maximum absolute atomic E-state index is 12.4. The number of carbonyl (C=O) groups excluding carboxylic acids is 2. The number of aliphatic carboxylic acids is 1. The van der Waals surface area contributed by atoms with Gasteiger partial charge >= 0.3 is 6.09 Å². The number of rotatable bonds is 6. The largest absolute Gasteiger partial charge is 0.548 e. The van der Waals surface area contributed by atoms with Crippen molar-refractivity contribution in [1.29, 1.82) is 0 Å². The van der Waals surface area contributed by atoms with Gasteiger partial charge in [-0.25, -0.2) is 4.79 Å². The van der Waals surface area contributed by atoms with Gasteiger partial charge in [0.2, 0.25) is 0 Å². The minimum atomic E-state index is -1.34. The van der Waals surface area contributed by atoms with Crippen molar-refractivity contribution in [3.05, 3.63) is 95.1 Å². The van der Waals surface area contributed by atoms with E-state index in [1.165, 1.54) is 0 Å². The lowest BCUT2D eigenvalue weighted by Gasteiger charge is -2.21. The van der Waals surface area contributed by atoms with Gasteiger partial charge in [0.25, 0.3) is 0 Å². The maximum Gasteiger partial charge on any atom is 0.407 e. The highest BCUT2D eigenvalue weighted by Crippen LogP contribution is 2.44. The van der Waals surface area contributed by atoms with Crippen molar-refractivity contribution < 1.29 is 19.4 Å². The fourth-order valence-corrected chi connectivity index (χ4v) is 4.05. The molecule has 1 aliphatic rings. The molecule has 3 aromatic rings. The molecule has 1 atom stereocenters. The van der Waals surface area contributed by atoms with Gasteiger partial charge in [0, 0.05) is 5.92 Å². The van der Waals surface area contributed by atoms with Crippen LogP contribution in [0.2, 0.25) is 0 Å². The third kappa shape index (κ3) is 4.06. The lowest BCUT2D eigenvalue weighted by atomic mass is 9.98. The van der Waals surface area contributed by atoms with E-state index in [-0.39, 0.29) is 18.9 Å². The van der Waals surface area contributed by atoms with Crippen LogP contribution in [0.4, 0.5) is 4.79 Å². The van der Waals surface area contributed by atoms with Crippen LogP contribution in [0.15, 0.2) is 72.8 Å².